The third-order valence-corrected chi connectivity index (χ3v) is 2.70. The van der Waals surface area contributed by atoms with Gasteiger partial charge in [0.15, 0.2) is 0 Å². The van der Waals surface area contributed by atoms with E-state index in [2.05, 4.69) is 37.5 Å². The van der Waals surface area contributed by atoms with Crippen molar-refractivity contribution in [2.45, 2.75) is 52.7 Å². The van der Waals surface area contributed by atoms with Crippen LogP contribution in [0.25, 0.3) is 0 Å². The van der Waals surface area contributed by atoms with Crippen LogP contribution in [0.4, 0.5) is 0 Å². The van der Waals surface area contributed by atoms with E-state index in [1.165, 1.54) is 11.4 Å². The summed E-state index contributed by atoms with van der Waals surface area (Å²) in [6.45, 7) is 8.87. The molecular weight excluding hydrogens is 174 g/mol. The van der Waals surface area contributed by atoms with Crippen LogP contribution in [0.5, 0.6) is 0 Å². The smallest absolute Gasteiger partial charge is 0.0797 e. The molecule has 0 aliphatic rings. The summed E-state index contributed by atoms with van der Waals surface area (Å²) in [4.78, 5) is 0. The summed E-state index contributed by atoms with van der Waals surface area (Å²) in [7, 11) is 0. The lowest BCUT2D eigenvalue weighted by atomic mass is 10.0. The Bertz CT molecular complexity index is 280. The maximum absolute atomic E-state index is 10.1. The van der Waals surface area contributed by atoms with Gasteiger partial charge < -0.3 is 9.67 Å². The number of aryl methyl sites for hydroxylation is 2. The van der Waals surface area contributed by atoms with Crippen molar-refractivity contribution in [2.75, 3.05) is 0 Å². The molecule has 0 saturated carbocycles. The van der Waals surface area contributed by atoms with Gasteiger partial charge in [0.1, 0.15) is 0 Å². The highest BCUT2D eigenvalue weighted by Crippen LogP contribution is 2.18. The number of rotatable bonds is 4. The van der Waals surface area contributed by atoms with Crippen molar-refractivity contribution in [3.63, 3.8) is 0 Å². The molecule has 0 fully saturated rings. The van der Waals surface area contributed by atoms with Crippen molar-refractivity contribution >= 4 is 0 Å². The van der Waals surface area contributed by atoms with Crippen LogP contribution in [0.2, 0.25) is 0 Å². The van der Waals surface area contributed by atoms with Crippen molar-refractivity contribution in [3.05, 3.63) is 23.5 Å². The number of nitrogens with zero attached hydrogens (tertiary/aromatic N) is 1. The fourth-order valence-corrected chi connectivity index (χ4v) is 1.91. The van der Waals surface area contributed by atoms with Gasteiger partial charge in [0, 0.05) is 11.4 Å². The van der Waals surface area contributed by atoms with E-state index in [4.69, 9.17) is 0 Å². The van der Waals surface area contributed by atoms with Crippen molar-refractivity contribution < 1.29 is 5.11 Å². The van der Waals surface area contributed by atoms with Gasteiger partial charge in [-0.1, -0.05) is 13.3 Å². The van der Waals surface area contributed by atoms with E-state index < -0.39 is 5.60 Å². The first-order chi connectivity index (χ1) is 6.46. The minimum Gasteiger partial charge on any atom is -0.388 e. The van der Waals surface area contributed by atoms with Crippen LogP contribution in [-0.2, 0) is 6.54 Å². The Morgan fingerprint density at radius 3 is 2.21 bits per heavy atom. The zero-order valence-corrected chi connectivity index (χ0v) is 9.67. The molecule has 0 saturated heterocycles. The molecule has 14 heavy (non-hydrogen) atoms. The molecule has 0 amide bonds. The van der Waals surface area contributed by atoms with Gasteiger partial charge in [-0.15, -0.1) is 0 Å². The van der Waals surface area contributed by atoms with E-state index >= 15 is 0 Å². The molecule has 0 bridgehead atoms. The molecule has 0 spiro atoms. The SMILES string of the molecule is CCCC(C)(O)Cn1c(C)ccc1C. The van der Waals surface area contributed by atoms with E-state index in [9.17, 15) is 5.11 Å². The van der Waals surface area contributed by atoms with Crippen molar-refractivity contribution in [2.24, 2.45) is 0 Å². The van der Waals surface area contributed by atoms with Crippen molar-refractivity contribution in [1.82, 2.24) is 4.57 Å². The Morgan fingerprint density at radius 2 is 1.79 bits per heavy atom. The molecule has 2 nitrogen and oxygen atoms in total. The first kappa shape index (κ1) is 11.3. The highest BCUT2D eigenvalue weighted by molar-refractivity contribution is 5.14. The van der Waals surface area contributed by atoms with Gasteiger partial charge in [-0.3, -0.25) is 0 Å². The largest absolute Gasteiger partial charge is 0.388 e. The first-order valence-electron chi connectivity index (χ1n) is 5.31. The van der Waals surface area contributed by atoms with E-state index in [0.717, 1.165) is 12.8 Å². The lowest BCUT2D eigenvalue weighted by Crippen LogP contribution is -2.30. The van der Waals surface area contributed by atoms with E-state index in [1.807, 2.05) is 6.92 Å². The molecule has 0 aromatic carbocycles. The van der Waals surface area contributed by atoms with Crippen molar-refractivity contribution in [3.8, 4) is 0 Å². The first-order valence-corrected chi connectivity index (χ1v) is 5.31. The molecule has 1 atom stereocenters. The summed E-state index contributed by atoms with van der Waals surface area (Å²) in [5, 5.41) is 10.1. The Hall–Kier alpha value is -0.760. The monoisotopic (exact) mass is 195 g/mol. The molecule has 80 valence electrons. The average Bonchev–Trinajstić information content (AvgIpc) is 2.35. The van der Waals surface area contributed by atoms with Crippen LogP contribution in [0, 0.1) is 13.8 Å². The highest BCUT2D eigenvalue weighted by Gasteiger charge is 2.20. The Kier molecular flexibility index (Phi) is 3.38. The van der Waals surface area contributed by atoms with E-state index in [1.54, 1.807) is 0 Å². The maximum atomic E-state index is 10.1. The number of hydrogen-bond donors (Lipinski definition) is 1. The minimum atomic E-state index is -0.580. The quantitative estimate of drug-likeness (QED) is 0.785. The summed E-state index contributed by atoms with van der Waals surface area (Å²) in [5.41, 5.74) is 1.86. The predicted molar refractivity (Wildman–Crippen MR) is 59.4 cm³/mol. The molecular formula is C12H21NO. The van der Waals surface area contributed by atoms with Crippen LogP contribution in [-0.4, -0.2) is 15.3 Å². The summed E-state index contributed by atoms with van der Waals surface area (Å²) >= 11 is 0. The van der Waals surface area contributed by atoms with E-state index in [0.29, 0.717) is 6.54 Å². The molecule has 0 radical (unpaired) electrons. The summed E-state index contributed by atoms with van der Waals surface area (Å²) in [6.07, 6.45) is 1.87. The topological polar surface area (TPSA) is 25.2 Å². The molecule has 1 aromatic rings. The van der Waals surface area contributed by atoms with Crippen LogP contribution in [0.3, 0.4) is 0 Å². The second-order valence-electron chi connectivity index (χ2n) is 4.45. The second-order valence-corrected chi connectivity index (χ2v) is 4.45. The number of hydrogen-bond acceptors (Lipinski definition) is 1. The number of aliphatic hydroxyl groups is 1. The van der Waals surface area contributed by atoms with E-state index in [-0.39, 0.29) is 0 Å². The van der Waals surface area contributed by atoms with Crippen LogP contribution in [0.1, 0.15) is 38.1 Å². The third-order valence-electron chi connectivity index (χ3n) is 2.70. The summed E-state index contributed by atoms with van der Waals surface area (Å²) < 4.78 is 2.18. The summed E-state index contributed by atoms with van der Waals surface area (Å²) in [6, 6.07) is 4.19. The van der Waals surface area contributed by atoms with Gasteiger partial charge in [0.2, 0.25) is 0 Å². The Labute approximate surface area is 86.6 Å². The van der Waals surface area contributed by atoms with Gasteiger partial charge in [-0.2, -0.15) is 0 Å². The zero-order valence-electron chi connectivity index (χ0n) is 9.67. The number of aromatic nitrogens is 1. The lowest BCUT2D eigenvalue weighted by Gasteiger charge is -2.25. The van der Waals surface area contributed by atoms with Crippen LogP contribution < -0.4 is 0 Å². The van der Waals surface area contributed by atoms with Crippen LogP contribution >= 0.6 is 0 Å². The normalized spacial score (nSPS) is 15.5. The average molecular weight is 195 g/mol. The molecule has 2 heteroatoms. The van der Waals surface area contributed by atoms with Crippen LogP contribution in [0.15, 0.2) is 12.1 Å². The molecule has 0 aliphatic heterocycles. The Balaban J connectivity index is 2.77. The van der Waals surface area contributed by atoms with Gasteiger partial charge in [-0.25, -0.2) is 0 Å². The molecule has 1 aromatic heterocycles. The fourth-order valence-electron chi connectivity index (χ4n) is 1.91. The lowest BCUT2D eigenvalue weighted by molar-refractivity contribution is 0.0315. The third kappa shape index (κ3) is 2.61. The maximum Gasteiger partial charge on any atom is 0.0797 e. The van der Waals surface area contributed by atoms with Gasteiger partial charge in [0.25, 0.3) is 0 Å². The summed E-state index contributed by atoms with van der Waals surface area (Å²) in [5.74, 6) is 0. The highest BCUT2D eigenvalue weighted by atomic mass is 16.3. The molecule has 1 unspecified atom stereocenters. The molecule has 1 rings (SSSR count). The van der Waals surface area contributed by atoms with Gasteiger partial charge >= 0.3 is 0 Å². The standard InChI is InChI=1S/C12H21NO/c1-5-8-12(4,14)9-13-10(2)6-7-11(13)3/h6-7,14H,5,8-9H2,1-4H3. The molecule has 1 N–H and O–H groups in total. The van der Waals surface area contributed by atoms with Gasteiger partial charge in [0.05, 0.1) is 12.1 Å². The molecule has 0 aliphatic carbocycles. The Morgan fingerprint density at radius 1 is 1.29 bits per heavy atom. The van der Waals surface area contributed by atoms with Gasteiger partial charge in [-0.05, 0) is 39.3 Å². The zero-order chi connectivity index (χ0) is 10.8. The second kappa shape index (κ2) is 4.18. The fraction of sp³-hybridized carbons (Fsp3) is 0.667. The predicted octanol–water partition coefficient (Wildman–Crippen LogP) is 2.66. The van der Waals surface area contributed by atoms with Crippen molar-refractivity contribution in [1.29, 1.82) is 0 Å². The minimum absolute atomic E-state index is 0.580. The molecule has 1 heterocycles.